The Morgan fingerprint density at radius 1 is 1.39 bits per heavy atom. The normalized spacial score (nSPS) is 18.4. The summed E-state index contributed by atoms with van der Waals surface area (Å²) in [7, 11) is 0. The Hall–Kier alpha value is -2.59. The molecule has 0 spiro atoms. The topological polar surface area (TPSA) is 145 Å². The third kappa shape index (κ3) is 5.23. The van der Waals surface area contributed by atoms with E-state index in [-0.39, 0.29) is 12.4 Å². The SMILES string of the molecule is CCCCC(C(=O)N1CCCC1C(=O)Nc1nccc(C)n1)C(O)C(=O)NO. The second-order valence-electron chi connectivity index (χ2n) is 6.87. The summed E-state index contributed by atoms with van der Waals surface area (Å²) in [6.45, 7) is 4.05. The fourth-order valence-electron chi connectivity index (χ4n) is 3.31. The van der Waals surface area contributed by atoms with Crippen LogP contribution >= 0.6 is 0 Å². The first-order chi connectivity index (χ1) is 13.4. The number of aliphatic hydroxyl groups is 1. The maximum Gasteiger partial charge on any atom is 0.272 e. The van der Waals surface area contributed by atoms with E-state index in [0.717, 1.165) is 6.42 Å². The van der Waals surface area contributed by atoms with Gasteiger partial charge in [0.15, 0.2) is 0 Å². The van der Waals surface area contributed by atoms with Crippen LogP contribution in [0.2, 0.25) is 0 Å². The second-order valence-corrected chi connectivity index (χ2v) is 6.87. The van der Waals surface area contributed by atoms with Crippen molar-refractivity contribution in [1.82, 2.24) is 20.3 Å². The van der Waals surface area contributed by atoms with Gasteiger partial charge in [0, 0.05) is 18.4 Å². The summed E-state index contributed by atoms with van der Waals surface area (Å²) < 4.78 is 0. The molecule has 4 N–H and O–H groups in total. The molecule has 1 fully saturated rings. The van der Waals surface area contributed by atoms with Crippen LogP contribution in [0.25, 0.3) is 0 Å². The number of likely N-dealkylation sites (tertiary alicyclic amines) is 1. The van der Waals surface area contributed by atoms with Crippen molar-refractivity contribution in [2.75, 3.05) is 11.9 Å². The number of hydrogen-bond donors (Lipinski definition) is 4. The molecule has 154 valence electrons. The molecule has 28 heavy (non-hydrogen) atoms. The maximum absolute atomic E-state index is 13.0. The fourth-order valence-corrected chi connectivity index (χ4v) is 3.31. The molecular formula is C18H27N5O5. The maximum atomic E-state index is 13.0. The molecule has 1 aromatic rings. The van der Waals surface area contributed by atoms with Gasteiger partial charge in [-0.1, -0.05) is 19.8 Å². The fraction of sp³-hybridized carbons (Fsp3) is 0.611. The van der Waals surface area contributed by atoms with Crippen molar-refractivity contribution < 1.29 is 24.7 Å². The summed E-state index contributed by atoms with van der Waals surface area (Å²) in [6.07, 6.45) is 2.59. The quantitative estimate of drug-likeness (QED) is 0.369. The van der Waals surface area contributed by atoms with E-state index in [1.54, 1.807) is 13.0 Å². The van der Waals surface area contributed by atoms with Gasteiger partial charge in [-0.3, -0.25) is 24.9 Å². The second kappa shape index (κ2) is 10.1. The molecule has 3 atom stereocenters. The first-order valence-corrected chi connectivity index (χ1v) is 9.42. The molecular weight excluding hydrogens is 366 g/mol. The van der Waals surface area contributed by atoms with Gasteiger partial charge < -0.3 is 10.0 Å². The number of carbonyl (C=O) groups is 3. The molecule has 1 saturated heterocycles. The molecule has 0 bridgehead atoms. The van der Waals surface area contributed by atoms with E-state index in [0.29, 0.717) is 31.5 Å². The van der Waals surface area contributed by atoms with Crippen LogP contribution in [0.3, 0.4) is 0 Å². The smallest absolute Gasteiger partial charge is 0.272 e. The van der Waals surface area contributed by atoms with E-state index in [1.165, 1.54) is 16.6 Å². The summed E-state index contributed by atoms with van der Waals surface area (Å²) in [6, 6.07) is 0.970. The lowest BCUT2D eigenvalue weighted by Crippen LogP contribution is -2.50. The van der Waals surface area contributed by atoms with E-state index in [2.05, 4.69) is 15.3 Å². The Balaban J connectivity index is 2.14. The van der Waals surface area contributed by atoms with Gasteiger partial charge in [0.1, 0.15) is 12.1 Å². The highest BCUT2D eigenvalue weighted by Gasteiger charge is 2.41. The monoisotopic (exact) mass is 393 g/mol. The van der Waals surface area contributed by atoms with Crippen LogP contribution in [0.1, 0.15) is 44.7 Å². The van der Waals surface area contributed by atoms with Gasteiger partial charge in [-0.05, 0) is 32.3 Å². The highest BCUT2D eigenvalue weighted by molar-refractivity contribution is 5.97. The highest BCUT2D eigenvalue weighted by Crippen LogP contribution is 2.25. The zero-order valence-corrected chi connectivity index (χ0v) is 16.1. The molecule has 10 heteroatoms. The van der Waals surface area contributed by atoms with Gasteiger partial charge in [-0.15, -0.1) is 0 Å². The van der Waals surface area contributed by atoms with Crippen LogP contribution in [0.15, 0.2) is 12.3 Å². The number of anilines is 1. The average Bonchev–Trinajstić information content (AvgIpc) is 3.17. The van der Waals surface area contributed by atoms with Crippen LogP contribution in [0, 0.1) is 12.8 Å². The molecule has 2 heterocycles. The van der Waals surface area contributed by atoms with E-state index in [4.69, 9.17) is 5.21 Å². The molecule has 0 radical (unpaired) electrons. The van der Waals surface area contributed by atoms with Crippen LogP contribution in [0.5, 0.6) is 0 Å². The number of hydroxylamine groups is 1. The van der Waals surface area contributed by atoms with Crippen LogP contribution in [0.4, 0.5) is 5.95 Å². The summed E-state index contributed by atoms with van der Waals surface area (Å²) in [5.74, 6) is -2.80. The predicted octanol–water partition coefficient (Wildman–Crippen LogP) is 0.387. The molecule has 3 unspecified atom stereocenters. The van der Waals surface area contributed by atoms with E-state index >= 15 is 0 Å². The van der Waals surface area contributed by atoms with Crippen LogP contribution in [-0.4, -0.2) is 61.6 Å². The van der Waals surface area contributed by atoms with Crippen molar-refractivity contribution in [3.63, 3.8) is 0 Å². The van der Waals surface area contributed by atoms with Crippen molar-refractivity contribution in [3.05, 3.63) is 18.0 Å². The van der Waals surface area contributed by atoms with Gasteiger partial charge in [0.2, 0.25) is 17.8 Å². The molecule has 10 nitrogen and oxygen atoms in total. The van der Waals surface area contributed by atoms with Gasteiger partial charge in [0.05, 0.1) is 5.92 Å². The largest absolute Gasteiger partial charge is 0.382 e. The zero-order chi connectivity index (χ0) is 20.7. The number of unbranched alkanes of at least 4 members (excludes halogenated alkanes) is 1. The van der Waals surface area contributed by atoms with Crippen LogP contribution in [-0.2, 0) is 14.4 Å². The minimum atomic E-state index is -1.69. The first-order valence-electron chi connectivity index (χ1n) is 9.42. The summed E-state index contributed by atoms with van der Waals surface area (Å²) in [5, 5.41) is 21.6. The number of aliphatic hydroxyl groups excluding tert-OH is 1. The van der Waals surface area contributed by atoms with Crippen molar-refractivity contribution in [1.29, 1.82) is 0 Å². The molecule has 1 aliphatic heterocycles. The van der Waals surface area contributed by atoms with Crippen molar-refractivity contribution in [3.8, 4) is 0 Å². The third-order valence-corrected chi connectivity index (χ3v) is 4.81. The van der Waals surface area contributed by atoms with Gasteiger partial charge in [-0.2, -0.15) is 0 Å². The number of nitrogens with zero attached hydrogens (tertiary/aromatic N) is 3. The Morgan fingerprint density at radius 3 is 2.79 bits per heavy atom. The predicted molar refractivity (Wildman–Crippen MR) is 99.1 cm³/mol. The molecule has 3 amide bonds. The lowest BCUT2D eigenvalue weighted by Gasteiger charge is -2.29. The Labute approximate surface area is 163 Å². The number of aromatic nitrogens is 2. The average molecular weight is 393 g/mol. The van der Waals surface area contributed by atoms with E-state index < -0.39 is 35.8 Å². The van der Waals surface area contributed by atoms with Gasteiger partial charge in [0.25, 0.3) is 5.91 Å². The van der Waals surface area contributed by atoms with Gasteiger partial charge >= 0.3 is 0 Å². The molecule has 0 saturated carbocycles. The van der Waals surface area contributed by atoms with Gasteiger partial charge in [-0.25, -0.2) is 15.4 Å². The summed E-state index contributed by atoms with van der Waals surface area (Å²) in [4.78, 5) is 46.9. The lowest BCUT2D eigenvalue weighted by atomic mass is 9.93. The number of aryl methyl sites for hydroxylation is 1. The van der Waals surface area contributed by atoms with E-state index in [9.17, 15) is 19.5 Å². The van der Waals surface area contributed by atoms with Crippen LogP contribution < -0.4 is 10.8 Å². The number of rotatable bonds is 8. The Morgan fingerprint density at radius 2 is 2.14 bits per heavy atom. The van der Waals surface area contributed by atoms with E-state index in [1.807, 2.05) is 6.92 Å². The molecule has 1 aromatic heterocycles. The molecule has 0 aliphatic carbocycles. The Bertz CT molecular complexity index is 713. The molecule has 1 aliphatic rings. The number of nitrogens with one attached hydrogen (secondary N) is 2. The summed E-state index contributed by atoms with van der Waals surface area (Å²) in [5.41, 5.74) is 2.08. The number of hydrogen-bond acceptors (Lipinski definition) is 7. The number of amides is 3. The lowest BCUT2D eigenvalue weighted by molar-refractivity contribution is -0.152. The summed E-state index contributed by atoms with van der Waals surface area (Å²) >= 11 is 0. The number of carbonyl (C=O) groups excluding carboxylic acids is 3. The van der Waals surface area contributed by atoms with Crippen molar-refractivity contribution in [2.45, 2.75) is 58.1 Å². The molecule has 0 aromatic carbocycles. The first kappa shape index (κ1) is 21.7. The highest BCUT2D eigenvalue weighted by atomic mass is 16.5. The Kier molecular flexibility index (Phi) is 7.82. The minimum absolute atomic E-state index is 0.159. The standard InChI is InChI=1S/C18H27N5O5/c1-3-4-6-12(14(24)16(26)22-28)17(27)23-10-5-7-13(23)15(25)21-18-19-9-8-11(2)20-18/h8-9,12-14,24,28H,3-7,10H2,1-2H3,(H,22,26)(H,19,20,21,25). The zero-order valence-electron chi connectivity index (χ0n) is 16.1. The van der Waals surface area contributed by atoms with Crippen molar-refractivity contribution >= 4 is 23.7 Å². The van der Waals surface area contributed by atoms with Crippen molar-refractivity contribution in [2.24, 2.45) is 5.92 Å². The third-order valence-electron chi connectivity index (χ3n) is 4.81. The minimum Gasteiger partial charge on any atom is -0.382 e. The molecule has 2 rings (SSSR count).